The molecule has 0 amide bonds. The van der Waals surface area contributed by atoms with Gasteiger partial charge in [0.15, 0.2) is 9.84 Å². The Balaban J connectivity index is 2.69. The van der Waals surface area contributed by atoms with Crippen LogP contribution in [0.15, 0.2) is 0 Å². The fraction of sp³-hybridized carbons (Fsp3) is 1.00. The van der Waals surface area contributed by atoms with Crippen LogP contribution in [0.25, 0.3) is 0 Å². The van der Waals surface area contributed by atoms with Gasteiger partial charge in [0.2, 0.25) is 0 Å². The quantitative estimate of drug-likeness (QED) is 0.857. The van der Waals surface area contributed by atoms with Crippen LogP contribution in [0, 0.1) is 16.7 Å². The molecule has 0 unspecified atom stereocenters. The maximum Gasteiger partial charge on any atom is 0.155 e. The average molecular weight is 319 g/mol. The maximum atomic E-state index is 12.3. The van der Waals surface area contributed by atoms with E-state index in [0.717, 1.165) is 25.7 Å². The Kier molecular flexibility index (Phi) is 5.59. The van der Waals surface area contributed by atoms with Crippen molar-refractivity contribution in [1.29, 1.82) is 0 Å². The molecule has 1 saturated carbocycles. The Bertz CT molecular complexity index is 430. The Morgan fingerprint density at radius 1 is 1.05 bits per heavy atom. The molecular weight excluding hydrogens is 284 g/mol. The van der Waals surface area contributed by atoms with E-state index in [1.54, 1.807) is 20.8 Å². The fourth-order valence-electron chi connectivity index (χ4n) is 3.24. The fourth-order valence-corrected chi connectivity index (χ4v) is 4.55. The summed E-state index contributed by atoms with van der Waals surface area (Å²) in [5, 5.41) is 9.84. The average Bonchev–Trinajstić information content (AvgIpc) is 2.34. The van der Waals surface area contributed by atoms with Crippen LogP contribution in [0.3, 0.4) is 0 Å². The standard InChI is InChI=1S/C17H34O3S/c1-15(2,3)14-7-9-17(13-18,10-8-14)11-12-21(19,20)16(4,5)6/h14,18H,7-13H2,1-6H3. The minimum absolute atomic E-state index is 0.115. The van der Waals surface area contributed by atoms with Crippen molar-refractivity contribution < 1.29 is 13.5 Å². The van der Waals surface area contributed by atoms with Gasteiger partial charge >= 0.3 is 0 Å². The van der Waals surface area contributed by atoms with Crippen molar-refractivity contribution in [3.8, 4) is 0 Å². The zero-order valence-corrected chi connectivity index (χ0v) is 15.5. The predicted octanol–water partition coefficient (Wildman–Crippen LogP) is 3.80. The van der Waals surface area contributed by atoms with Crippen molar-refractivity contribution in [2.45, 2.75) is 78.4 Å². The lowest BCUT2D eigenvalue weighted by molar-refractivity contribution is 0.0344. The van der Waals surface area contributed by atoms with E-state index < -0.39 is 14.6 Å². The van der Waals surface area contributed by atoms with Crippen LogP contribution in [0.1, 0.15) is 73.6 Å². The lowest BCUT2D eigenvalue weighted by Crippen LogP contribution is -2.38. The number of rotatable bonds is 4. The Morgan fingerprint density at radius 2 is 1.52 bits per heavy atom. The minimum Gasteiger partial charge on any atom is -0.396 e. The van der Waals surface area contributed by atoms with Crippen molar-refractivity contribution >= 4 is 9.84 Å². The molecule has 1 aliphatic rings. The molecule has 0 aliphatic heterocycles. The highest BCUT2D eigenvalue weighted by Crippen LogP contribution is 2.47. The van der Waals surface area contributed by atoms with E-state index >= 15 is 0 Å². The van der Waals surface area contributed by atoms with E-state index in [1.165, 1.54) is 0 Å². The summed E-state index contributed by atoms with van der Waals surface area (Å²) in [5.74, 6) is 0.869. The van der Waals surface area contributed by atoms with Gasteiger partial charge in [0.05, 0.1) is 10.5 Å². The largest absolute Gasteiger partial charge is 0.396 e. The normalized spacial score (nSPS) is 28.6. The molecule has 0 aromatic carbocycles. The van der Waals surface area contributed by atoms with Gasteiger partial charge in [0.25, 0.3) is 0 Å². The van der Waals surface area contributed by atoms with Gasteiger partial charge in [-0.25, -0.2) is 8.42 Å². The van der Waals surface area contributed by atoms with Crippen LogP contribution < -0.4 is 0 Å². The molecule has 1 fully saturated rings. The van der Waals surface area contributed by atoms with E-state index in [4.69, 9.17) is 0 Å². The monoisotopic (exact) mass is 318 g/mol. The zero-order valence-electron chi connectivity index (χ0n) is 14.7. The summed E-state index contributed by atoms with van der Waals surface area (Å²) in [6, 6.07) is 0. The lowest BCUT2D eigenvalue weighted by Gasteiger charge is -2.43. The predicted molar refractivity (Wildman–Crippen MR) is 89.1 cm³/mol. The van der Waals surface area contributed by atoms with Crippen LogP contribution in [0.2, 0.25) is 0 Å². The number of aliphatic hydroxyl groups excluding tert-OH is 1. The third-order valence-electron chi connectivity index (χ3n) is 5.44. The molecule has 0 spiro atoms. The zero-order chi connectivity index (χ0) is 16.5. The summed E-state index contributed by atoms with van der Waals surface area (Å²) in [7, 11) is -3.10. The summed E-state index contributed by atoms with van der Waals surface area (Å²) in [6.45, 7) is 12.2. The highest BCUT2D eigenvalue weighted by atomic mass is 32.2. The van der Waals surface area contributed by atoms with Crippen LogP contribution >= 0.6 is 0 Å². The first-order valence-corrected chi connectivity index (χ1v) is 9.81. The molecule has 0 aromatic heterocycles. The highest BCUT2D eigenvalue weighted by Gasteiger charge is 2.40. The smallest absolute Gasteiger partial charge is 0.155 e. The molecule has 0 atom stereocenters. The summed E-state index contributed by atoms with van der Waals surface area (Å²) in [4.78, 5) is 0. The Morgan fingerprint density at radius 3 is 1.86 bits per heavy atom. The number of hydrogen-bond acceptors (Lipinski definition) is 3. The first kappa shape index (κ1) is 19.0. The molecule has 0 saturated heterocycles. The van der Waals surface area contributed by atoms with Gasteiger partial charge in [0.1, 0.15) is 0 Å². The van der Waals surface area contributed by atoms with Gasteiger partial charge in [-0.05, 0) is 69.6 Å². The molecule has 1 N–H and O–H groups in total. The molecule has 3 nitrogen and oxygen atoms in total. The van der Waals surface area contributed by atoms with Gasteiger partial charge in [-0.15, -0.1) is 0 Å². The van der Waals surface area contributed by atoms with E-state index in [-0.39, 0.29) is 17.8 Å². The summed E-state index contributed by atoms with van der Waals surface area (Å²) in [6.07, 6.45) is 4.69. The molecule has 0 aromatic rings. The van der Waals surface area contributed by atoms with Gasteiger partial charge in [0, 0.05) is 6.61 Å². The highest BCUT2D eigenvalue weighted by molar-refractivity contribution is 7.92. The first-order valence-electron chi connectivity index (χ1n) is 8.16. The van der Waals surface area contributed by atoms with Crippen molar-refractivity contribution in [2.75, 3.05) is 12.4 Å². The third kappa shape index (κ3) is 4.69. The molecule has 1 rings (SSSR count). The molecule has 4 heteroatoms. The second kappa shape index (κ2) is 6.19. The van der Waals surface area contributed by atoms with Crippen LogP contribution in [-0.4, -0.2) is 30.6 Å². The molecule has 21 heavy (non-hydrogen) atoms. The molecule has 0 heterocycles. The summed E-state index contributed by atoms with van der Waals surface area (Å²) >= 11 is 0. The Hall–Kier alpha value is -0.0900. The summed E-state index contributed by atoms with van der Waals surface area (Å²) in [5.41, 5.74) is 0.124. The number of hydrogen-bond donors (Lipinski definition) is 1. The van der Waals surface area contributed by atoms with Gasteiger partial charge in [-0.3, -0.25) is 0 Å². The van der Waals surface area contributed by atoms with Crippen molar-refractivity contribution in [3.63, 3.8) is 0 Å². The molecular formula is C17H34O3S. The molecule has 0 radical (unpaired) electrons. The summed E-state index contributed by atoms with van der Waals surface area (Å²) < 4.78 is 23.9. The van der Waals surface area contributed by atoms with E-state index in [1.807, 2.05) is 0 Å². The van der Waals surface area contributed by atoms with Crippen molar-refractivity contribution in [1.82, 2.24) is 0 Å². The topological polar surface area (TPSA) is 54.4 Å². The van der Waals surface area contributed by atoms with Gasteiger partial charge in [-0.2, -0.15) is 0 Å². The van der Waals surface area contributed by atoms with Gasteiger partial charge < -0.3 is 5.11 Å². The van der Waals surface area contributed by atoms with Crippen LogP contribution in [-0.2, 0) is 9.84 Å². The lowest BCUT2D eigenvalue weighted by atomic mass is 9.63. The van der Waals surface area contributed by atoms with Gasteiger partial charge in [-0.1, -0.05) is 20.8 Å². The van der Waals surface area contributed by atoms with Crippen molar-refractivity contribution in [2.24, 2.45) is 16.7 Å². The van der Waals surface area contributed by atoms with E-state index in [0.29, 0.717) is 17.8 Å². The van der Waals surface area contributed by atoms with Crippen LogP contribution in [0.5, 0.6) is 0 Å². The van der Waals surface area contributed by atoms with Crippen molar-refractivity contribution in [3.05, 3.63) is 0 Å². The number of sulfone groups is 1. The van der Waals surface area contributed by atoms with Crippen LogP contribution in [0.4, 0.5) is 0 Å². The number of aliphatic hydroxyl groups is 1. The maximum absolute atomic E-state index is 12.3. The molecule has 1 aliphatic carbocycles. The molecule has 0 bridgehead atoms. The van der Waals surface area contributed by atoms with E-state index in [9.17, 15) is 13.5 Å². The molecule has 126 valence electrons. The second-order valence-electron chi connectivity index (χ2n) is 8.98. The Labute approximate surface area is 131 Å². The first-order chi connectivity index (χ1) is 9.33. The third-order valence-corrected chi connectivity index (χ3v) is 8.05. The second-order valence-corrected chi connectivity index (χ2v) is 11.8. The minimum atomic E-state index is -3.10. The van der Waals surface area contributed by atoms with E-state index in [2.05, 4.69) is 20.8 Å². The SMILES string of the molecule is CC(C)(C)C1CCC(CO)(CCS(=O)(=O)C(C)(C)C)CC1.